The quantitative estimate of drug-likeness (QED) is 0.913. The largest absolute Gasteiger partial charge is 0.371 e. The summed E-state index contributed by atoms with van der Waals surface area (Å²) in [5.74, 6) is 0.0204. The Morgan fingerprint density at radius 3 is 2.79 bits per heavy atom. The summed E-state index contributed by atoms with van der Waals surface area (Å²) in [5.41, 5.74) is 0.106. The third-order valence-corrected chi connectivity index (χ3v) is 3.84. The standard InChI is InChI=1S/C14H20FN3O/c1-3-10-5-8-18(9-6-10)14(19)11-4-7-17-13(16-2)12(11)15/h4,7,10H,3,5-6,8-9H2,1-2H3,(H,16,17). The third kappa shape index (κ3) is 2.85. The average molecular weight is 265 g/mol. The number of aromatic nitrogens is 1. The van der Waals surface area contributed by atoms with E-state index in [1.165, 1.54) is 12.3 Å². The Balaban J connectivity index is 2.12. The molecular formula is C14H20FN3O. The summed E-state index contributed by atoms with van der Waals surface area (Å²) in [4.78, 5) is 17.9. The molecule has 1 aliphatic rings. The van der Waals surface area contributed by atoms with Gasteiger partial charge in [-0.15, -0.1) is 0 Å². The van der Waals surface area contributed by atoms with Gasteiger partial charge in [-0.1, -0.05) is 13.3 Å². The van der Waals surface area contributed by atoms with Crippen LogP contribution in [0.15, 0.2) is 12.3 Å². The molecule has 1 saturated heterocycles. The summed E-state index contributed by atoms with van der Waals surface area (Å²) in [6, 6.07) is 1.45. The first-order valence-corrected chi connectivity index (χ1v) is 6.78. The zero-order chi connectivity index (χ0) is 13.8. The average Bonchev–Trinajstić information content (AvgIpc) is 2.47. The number of hydrogen-bond acceptors (Lipinski definition) is 3. The zero-order valence-corrected chi connectivity index (χ0v) is 11.4. The summed E-state index contributed by atoms with van der Waals surface area (Å²) in [6.45, 7) is 3.60. The van der Waals surface area contributed by atoms with Crippen LogP contribution in [0.1, 0.15) is 36.5 Å². The van der Waals surface area contributed by atoms with Crippen LogP contribution in [-0.4, -0.2) is 35.9 Å². The molecule has 0 spiro atoms. The van der Waals surface area contributed by atoms with Crippen LogP contribution in [0.5, 0.6) is 0 Å². The molecule has 1 aromatic rings. The fourth-order valence-electron chi connectivity index (χ4n) is 2.50. The predicted octanol–water partition coefficient (Wildman–Crippen LogP) is 2.52. The summed E-state index contributed by atoms with van der Waals surface area (Å²) in [5, 5.41) is 2.65. The Labute approximate surface area is 113 Å². The number of rotatable bonds is 3. The van der Waals surface area contributed by atoms with Crippen LogP contribution in [0.2, 0.25) is 0 Å². The number of nitrogens with one attached hydrogen (secondary N) is 1. The molecule has 1 aliphatic heterocycles. The van der Waals surface area contributed by atoms with E-state index in [1.807, 2.05) is 0 Å². The van der Waals surface area contributed by atoms with Gasteiger partial charge in [-0.2, -0.15) is 0 Å². The molecule has 0 radical (unpaired) electrons. The van der Waals surface area contributed by atoms with E-state index < -0.39 is 5.82 Å². The van der Waals surface area contributed by atoms with E-state index in [1.54, 1.807) is 11.9 Å². The van der Waals surface area contributed by atoms with Crippen molar-refractivity contribution in [1.29, 1.82) is 0 Å². The first-order chi connectivity index (χ1) is 9.17. The van der Waals surface area contributed by atoms with Crippen molar-refractivity contribution in [2.24, 2.45) is 5.92 Å². The van der Waals surface area contributed by atoms with Gasteiger partial charge in [0.05, 0.1) is 5.56 Å². The van der Waals surface area contributed by atoms with Crippen molar-refractivity contribution in [1.82, 2.24) is 9.88 Å². The van der Waals surface area contributed by atoms with Crippen molar-refractivity contribution < 1.29 is 9.18 Å². The lowest BCUT2D eigenvalue weighted by atomic mass is 9.94. The first-order valence-electron chi connectivity index (χ1n) is 6.78. The van der Waals surface area contributed by atoms with E-state index in [0.29, 0.717) is 19.0 Å². The minimum atomic E-state index is -0.562. The molecule has 1 fully saturated rings. The topological polar surface area (TPSA) is 45.2 Å². The Bertz CT molecular complexity index is 456. The molecule has 2 rings (SSSR count). The number of carbonyl (C=O) groups excluding carboxylic acids is 1. The highest BCUT2D eigenvalue weighted by atomic mass is 19.1. The van der Waals surface area contributed by atoms with Crippen molar-refractivity contribution in [3.63, 3.8) is 0 Å². The third-order valence-electron chi connectivity index (χ3n) is 3.84. The maximum atomic E-state index is 14.0. The number of hydrogen-bond donors (Lipinski definition) is 1. The minimum Gasteiger partial charge on any atom is -0.371 e. The zero-order valence-electron chi connectivity index (χ0n) is 11.4. The van der Waals surface area contributed by atoms with Gasteiger partial charge in [-0.05, 0) is 24.8 Å². The van der Waals surface area contributed by atoms with E-state index in [2.05, 4.69) is 17.2 Å². The lowest BCUT2D eigenvalue weighted by Gasteiger charge is -2.31. The summed E-state index contributed by atoms with van der Waals surface area (Å²) in [7, 11) is 1.59. The van der Waals surface area contributed by atoms with Gasteiger partial charge >= 0.3 is 0 Å². The first kappa shape index (κ1) is 13.8. The number of piperidine rings is 1. The van der Waals surface area contributed by atoms with E-state index >= 15 is 0 Å². The Kier molecular flexibility index (Phi) is 4.35. The van der Waals surface area contributed by atoms with E-state index in [9.17, 15) is 9.18 Å². The highest BCUT2D eigenvalue weighted by Gasteiger charge is 2.25. The van der Waals surface area contributed by atoms with Crippen molar-refractivity contribution in [3.8, 4) is 0 Å². The number of halogens is 1. The van der Waals surface area contributed by atoms with Gasteiger partial charge in [-0.25, -0.2) is 9.37 Å². The molecule has 19 heavy (non-hydrogen) atoms. The summed E-state index contributed by atoms with van der Waals surface area (Å²) >= 11 is 0. The maximum absolute atomic E-state index is 14.0. The molecule has 0 saturated carbocycles. The van der Waals surface area contributed by atoms with E-state index in [0.717, 1.165) is 19.3 Å². The molecule has 1 N–H and O–H groups in total. The van der Waals surface area contributed by atoms with Crippen molar-refractivity contribution >= 4 is 11.7 Å². The highest BCUT2D eigenvalue weighted by Crippen LogP contribution is 2.23. The highest BCUT2D eigenvalue weighted by molar-refractivity contribution is 5.95. The summed E-state index contributed by atoms with van der Waals surface area (Å²) < 4.78 is 14.0. The fraction of sp³-hybridized carbons (Fsp3) is 0.571. The van der Waals surface area contributed by atoms with Crippen LogP contribution < -0.4 is 5.32 Å². The van der Waals surface area contributed by atoms with Gasteiger partial charge in [0.2, 0.25) is 0 Å². The number of carbonyl (C=O) groups is 1. The molecule has 0 bridgehead atoms. The van der Waals surface area contributed by atoms with Gasteiger partial charge < -0.3 is 10.2 Å². The predicted molar refractivity (Wildman–Crippen MR) is 72.7 cm³/mol. The Hall–Kier alpha value is -1.65. The Morgan fingerprint density at radius 2 is 2.21 bits per heavy atom. The van der Waals surface area contributed by atoms with Crippen molar-refractivity contribution in [3.05, 3.63) is 23.6 Å². The lowest BCUT2D eigenvalue weighted by Crippen LogP contribution is -2.38. The van der Waals surface area contributed by atoms with E-state index in [-0.39, 0.29) is 17.3 Å². The molecule has 4 nitrogen and oxygen atoms in total. The SMILES string of the molecule is CCC1CCN(C(=O)c2ccnc(NC)c2F)CC1. The monoisotopic (exact) mass is 265 g/mol. The molecule has 0 atom stereocenters. The molecule has 0 unspecified atom stereocenters. The van der Waals surface area contributed by atoms with Gasteiger partial charge in [0, 0.05) is 26.3 Å². The minimum absolute atomic E-state index is 0.106. The van der Waals surface area contributed by atoms with Gasteiger partial charge in [-0.3, -0.25) is 4.79 Å². The smallest absolute Gasteiger partial charge is 0.257 e. The van der Waals surface area contributed by atoms with Crippen LogP contribution in [-0.2, 0) is 0 Å². The van der Waals surface area contributed by atoms with Crippen molar-refractivity contribution in [2.75, 3.05) is 25.5 Å². The molecular weight excluding hydrogens is 245 g/mol. The fourth-order valence-corrected chi connectivity index (χ4v) is 2.50. The van der Waals surface area contributed by atoms with E-state index in [4.69, 9.17) is 0 Å². The maximum Gasteiger partial charge on any atom is 0.257 e. The van der Waals surface area contributed by atoms with Gasteiger partial charge in [0.15, 0.2) is 11.6 Å². The van der Waals surface area contributed by atoms with Crippen LogP contribution in [0.25, 0.3) is 0 Å². The van der Waals surface area contributed by atoms with Crippen LogP contribution in [0.3, 0.4) is 0 Å². The molecule has 1 amide bonds. The summed E-state index contributed by atoms with van der Waals surface area (Å²) in [6.07, 6.45) is 4.62. The number of nitrogens with zero attached hydrogens (tertiary/aromatic N) is 2. The molecule has 2 heterocycles. The second-order valence-electron chi connectivity index (χ2n) is 4.91. The molecule has 104 valence electrons. The lowest BCUT2D eigenvalue weighted by molar-refractivity contribution is 0.0684. The number of likely N-dealkylation sites (tertiary alicyclic amines) is 1. The Morgan fingerprint density at radius 1 is 1.53 bits per heavy atom. The van der Waals surface area contributed by atoms with Crippen molar-refractivity contribution in [2.45, 2.75) is 26.2 Å². The molecule has 0 aromatic carbocycles. The van der Waals surface area contributed by atoms with Crippen LogP contribution >= 0.6 is 0 Å². The number of amides is 1. The molecule has 1 aromatic heterocycles. The number of anilines is 1. The second-order valence-corrected chi connectivity index (χ2v) is 4.91. The van der Waals surface area contributed by atoms with Gasteiger partial charge in [0.1, 0.15) is 0 Å². The normalized spacial score (nSPS) is 16.5. The van der Waals surface area contributed by atoms with Crippen LogP contribution in [0, 0.1) is 11.7 Å². The van der Waals surface area contributed by atoms with Gasteiger partial charge in [0.25, 0.3) is 5.91 Å². The van der Waals surface area contributed by atoms with Crippen LogP contribution in [0.4, 0.5) is 10.2 Å². The second kappa shape index (κ2) is 5.99. The number of pyridine rings is 1. The molecule has 5 heteroatoms. The molecule has 0 aliphatic carbocycles.